The van der Waals surface area contributed by atoms with Crippen molar-refractivity contribution >= 4 is 34.2 Å². The van der Waals surface area contributed by atoms with E-state index >= 15 is 0 Å². The molecule has 0 aliphatic heterocycles. The first-order valence-corrected chi connectivity index (χ1v) is 9.48. The van der Waals surface area contributed by atoms with Gasteiger partial charge >= 0.3 is 0 Å². The molecule has 1 amide bonds. The van der Waals surface area contributed by atoms with E-state index in [0.717, 1.165) is 14.7 Å². The number of hydrogen-bond acceptors (Lipinski definition) is 3. The molecule has 0 aliphatic carbocycles. The van der Waals surface area contributed by atoms with Crippen LogP contribution < -0.4 is 5.32 Å². The number of anilines is 1. The Morgan fingerprint density at radius 1 is 0.852 bits per heavy atom. The zero-order valence-electron chi connectivity index (χ0n) is 14.2. The Kier molecular flexibility index (Phi) is 5.02. The lowest BCUT2D eigenvalue weighted by Gasteiger charge is -2.04. The van der Waals surface area contributed by atoms with Crippen molar-refractivity contribution in [2.24, 2.45) is 0 Å². The Labute approximate surface area is 170 Å². The standard InChI is InChI=1S/C22H15IN2O2/c23-18-14-8-7-13-17(18)22-25-19(15-9-3-1-4-10-15)20(27-22)21(26)24-16-11-5-2-6-12-16/h1-14H,(H,24,26). The number of halogens is 1. The first-order valence-electron chi connectivity index (χ1n) is 8.40. The van der Waals surface area contributed by atoms with Gasteiger partial charge in [0.15, 0.2) is 0 Å². The van der Waals surface area contributed by atoms with Crippen molar-refractivity contribution in [2.45, 2.75) is 0 Å². The van der Waals surface area contributed by atoms with E-state index < -0.39 is 0 Å². The lowest BCUT2D eigenvalue weighted by atomic mass is 10.1. The van der Waals surface area contributed by atoms with Crippen molar-refractivity contribution in [1.82, 2.24) is 4.98 Å². The number of oxazole rings is 1. The van der Waals surface area contributed by atoms with Crippen molar-refractivity contribution in [2.75, 3.05) is 5.32 Å². The van der Waals surface area contributed by atoms with Crippen molar-refractivity contribution in [3.05, 3.63) is 94.3 Å². The van der Waals surface area contributed by atoms with Gasteiger partial charge in [0, 0.05) is 14.8 Å². The predicted octanol–water partition coefficient (Wildman–Crippen LogP) is 5.87. The lowest BCUT2D eigenvalue weighted by molar-refractivity contribution is 0.0998. The van der Waals surface area contributed by atoms with E-state index in [0.29, 0.717) is 17.3 Å². The Balaban J connectivity index is 1.79. The molecule has 27 heavy (non-hydrogen) atoms. The summed E-state index contributed by atoms with van der Waals surface area (Å²) in [5.74, 6) is 0.293. The molecule has 3 aromatic carbocycles. The molecular weight excluding hydrogens is 451 g/mol. The van der Waals surface area contributed by atoms with Crippen molar-refractivity contribution in [3.8, 4) is 22.7 Å². The number of carbonyl (C=O) groups is 1. The SMILES string of the molecule is O=C(Nc1ccccc1)c1oc(-c2ccccc2I)nc1-c1ccccc1. The molecule has 1 N–H and O–H groups in total. The third kappa shape index (κ3) is 3.78. The highest BCUT2D eigenvalue weighted by molar-refractivity contribution is 14.1. The fourth-order valence-corrected chi connectivity index (χ4v) is 3.34. The van der Waals surface area contributed by atoms with E-state index in [2.05, 4.69) is 32.9 Å². The van der Waals surface area contributed by atoms with E-state index in [1.165, 1.54) is 0 Å². The van der Waals surface area contributed by atoms with Crippen molar-refractivity contribution < 1.29 is 9.21 Å². The van der Waals surface area contributed by atoms with Crippen LogP contribution in [-0.4, -0.2) is 10.9 Å². The third-order valence-electron chi connectivity index (χ3n) is 4.02. The number of nitrogens with zero attached hydrogens (tertiary/aromatic N) is 1. The Morgan fingerprint density at radius 2 is 1.48 bits per heavy atom. The van der Waals surface area contributed by atoms with E-state index in [1.807, 2.05) is 84.9 Å². The van der Waals surface area contributed by atoms with Crippen LogP contribution in [0.3, 0.4) is 0 Å². The summed E-state index contributed by atoms with van der Waals surface area (Å²) in [7, 11) is 0. The second kappa shape index (κ2) is 7.75. The van der Waals surface area contributed by atoms with Gasteiger partial charge in [-0.3, -0.25) is 4.79 Å². The average molecular weight is 466 g/mol. The summed E-state index contributed by atoms with van der Waals surface area (Å²) in [5.41, 5.74) is 2.91. The van der Waals surface area contributed by atoms with Crippen LogP contribution in [0.5, 0.6) is 0 Å². The number of hydrogen-bond donors (Lipinski definition) is 1. The fourth-order valence-electron chi connectivity index (χ4n) is 2.72. The van der Waals surface area contributed by atoms with Crippen LogP contribution in [0, 0.1) is 3.57 Å². The molecule has 5 heteroatoms. The number of aromatic nitrogens is 1. The fraction of sp³-hybridized carbons (Fsp3) is 0. The maximum absolute atomic E-state index is 12.9. The molecule has 1 heterocycles. The van der Waals surface area contributed by atoms with Crippen LogP contribution in [-0.2, 0) is 0 Å². The zero-order chi connectivity index (χ0) is 18.6. The van der Waals surface area contributed by atoms with Gasteiger partial charge in [-0.05, 0) is 46.9 Å². The van der Waals surface area contributed by atoms with Gasteiger partial charge in [0.1, 0.15) is 5.69 Å². The maximum atomic E-state index is 12.9. The molecule has 0 radical (unpaired) electrons. The first kappa shape index (κ1) is 17.5. The van der Waals surface area contributed by atoms with Gasteiger partial charge in [-0.1, -0.05) is 60.7 Å². The molecule has 0 fully saturated rings. The molecule has 1 aromatic heterocycles. The number of nitrogens with one attached hydrogen (secondary N) is 1. The van der Waals surface area contributed by atoms with Gasteiger partial charge in [0.2, 0.25) is 11.7 Å². The van der Waals surface area contributed by atoms with Crippen LogP contribution in [0.1, 0.15) is 10.6 Å². The molecule has 0 saturated heterocycles. The average Bonchev–Trinajstić information content (AvgIpc) is 3.15. The van der Waals surface area contributed by atoms with Gasteiger partial charge in [-0.15, -0.1) is 0 Å². The molecule has 0 atom stereocenters. The molecule has 0 bridgehead atoms. The molecule has 0 saturated carbocycles. The van der Waals surface area contributed by atoms with Gasteiger partial charge in [0.25, 0.3) is 5.91 Å². The topological polar surface area (TPSA) is 55.1 Å². The van der Waals surface area contributed by atoms with Crippen molar-refractivity contribution in [1.29, 1.82) is 0 Å². The van der Waals surface area contributed by atoms with Crippen LogP contribution in [0.4, 0.5) is 5.69 Å². The van der Waals surface area contributed by atoms with Gasteiger partial charge in [0.05, 0.1) is 5.56 Å². The molecule has 0 unspecified atom stereocenters. The predicted molar refractivity (Wildman–Crippen MR) is 114 cm³/mol. The van der Waals surface area contributed by atoms with Crippen molar-refractivity contribution in [3.63, 3.8) is 0 Å². The van der Waals surface area contributed by atoms with E-state index in [4.69, 9.17) is 4.42 Å². The molecule has 4 rings (SSSR count). The number of para-hydroxylation sites is 1. The van der Waals surface area contributed by atoms with E-state index in [1.54, 1.807) is 0 Å². The molecule has 0 aliphatic rings. The lowest BCUT2D eigenvalue weighted by Crippen LogP contribution is -2.12. The molecule has 4 nitrogen and oxygen atoms in total. The zero-order valence-corrected chi connectivity index (χ0v) is 16.4. The summed E-state index contributed by atoms with van der Waals surface area (Å²) in [5, 5.41) is 2.87. The second-order valence-electron chi connectivity index (χ2n) is 5.86. The smallest absolute Gasteiger partial charge is 0.293 e. The minimum atomic E-state index is -0.329. The third-order valence-corrected chi connectivity index (χ3v) is 4.96. The monoisotopic (exact) mass is 466 g/mol. The molecular formula is C22H15IN2O2. The first-order chi connectivity index (χ1) is 13.2. The molecule has 4 aromatic rings. The Bertz CT molecular complexity index is 1080. The van der Waals surface area contributed by atoms with Crippen LogP contribution in [0.15, 0.2) is 89.3 Å². The number of rotatable bonds is 4. The minimum absolute atomic E-state index is 0.194. The Morgan fingerprint density at radius 3 is 2.19 bits per heavy atom. The number of carbonyl (C=O) groups excluding carboxylic acids is 1. The van der Waals surface area contributed by atoms with E-state index in [-0.39, 0.29) is 11.7 Å². The summed E-state index contributed by atoms with van der Waals surface area (Å²) in [6, 6.07) is 26.7. The highest BCUT2D eigenvalue weighted by atomic mass is 127. The largest absolute Gasteiger partial charge is 0.430 e. The van der Waals surface area contributed by atoms with Gasteiger partial charge < -0.3 is 9.73 Å². The summed E-state index contributed by atoms with van der Waals surface area (Å²) < 4.78 is 6.95. The van der Waals surface area contributed by atoms with Crippen LogP contribution in [0.2, 0.25) is 0 Å². The molecule has 132 valence electrons. The normalized spacial score (nSPS) is 10.6. The van der Waals surface area contributed by atoms with Crippen LogP contribution in [0.25, 0.3) is 22.7 Å². The quantitative estimate of drug-likeness (QED) is 0.383. The van der Waals surface area contributed by atoms with Gasteiger partial charge in [-0.2, -0.15) is 0 Å². The maximum Gasteiger partial charge on any atom is 0.293 e. The second-order valence-corrected chi connectivity index (χ2v) is 7.02. The summed E-state index contributed by atoms with van der Waals surface area (Å²) in [6.45, 7) is 0. The van der Waals surface area contributed by atoms with E-state index in [9.17, 15) is 4.79 Å². The summed E-state index contributed by atoms with van der Waals surface area (Å²) >= 11 is 2.23. The Hall–Kier alpha value is -2.93. The highest BCUT2D eigenvalue weighted by Crippen LogP contribution is 2.31. The minimum Gasteiger partial charge on any atom is -0.430 e. The van der Waals surface area contributed by atoms with Gasteiger partial charge in [-0.25, -0.2) is 4.98 Å². The summed E-state index contributed by atoms with van der Waals surface area (Å²) in [6.07, 6.45) is 0. The summed E-state index contributed by atoms with van der Waals surface area (Å²) in [4.78, 5) is 17.5. The highest BCUT2D eigenvalue weighted by Gasteiger charge is 2.23. The van der Waals surface area contributed by atoms with Crippen LogP contribution >= 0.6 is 22.6 Å². The number of benzene rings is 3. The molecule has 0 spiro atoms. The number of amides is 1.